The molecule has 2 aromatic rings. The minimum atomic E-state index is -0.344. The number of carbonyl (C=O) groups is 1. The summed E-state index contributed by atoms with van der Waals surface area (Å²) in [5.41, 5.74) is 2.91. The highest BCUT2D eigenvalue weighted by molar-refractivity contribution is 14.1. The predicted octanol–water partition coefficient (Wildman–Crippen LogP) is 3.55. The van der Waals surface area contributed by atoms with Crippen LogP contribution in [0.2, 0.25) is 0 Å². The molecule has 29 heavy (non-hydrogen) atoms. The van der Waals surface area contributed by atoms with E-state index in [1.54, 1.807) is 12.1 Å². The number of phenolic OH excluding ortho intramolecular Hbond substituents is 1. The first kappa shape index (κ1) is 18.7. The second-order valence-corrected chi connectivity index (χ2v) is 8.65. The summed E-state index contributed by atoms with van der Waals surface area (Å²) in [5, 5.41) is 10.3. The molecule has 0 saturated carbocycles. The van der Waals surface area contributed by atoms with Crippen LogP contribution in [0.4, 0.5) is 0 Å². The number of benzene rings is 2. The van der Waals surface area contributed by atoms with Gasteiger partial charge in [0, 0.05) is 15.8 Å². The second-order valence-electron chi connectivity index (χ2n) is 7.31. The molecule has 0 bridgehead atoms. The third-order valence-electron chi connectivity index (χ3n) is 5.96. The number of aromatic hydroxyl groups is 1. The van der Waals surface area contributed by atoms with Crippen molar-refractivity contribution < 1.29 is 33.6 Å². The molecule has 0 amide bonds. The molecule has 4 atom stereocenters. The number of ether oxygens (including phenoxy) is 5. The minimum absolute atomic E-state index is 0.0340. The lowest BCUT2D eigenvalue weighted by molar-refractivity contribution is -0.141. The summed E-state index contributed by atoms with van der Waals surface area (Å²) in [6.45, 7) is 0.568. The molecule has 152 valence electrons. The summed E-state index contributed by atoms with van der Waals surface area (Å²) in [6.07, 6.45) is 0. The van der Waals surface area contributed by atoms with Gasteiger partial charge in [-0.1, -0.05) is 22.6 Å². The fraction of sp³-hybridized carbons (Fsp3) is 0.381. The van der Waals surface area contributed by atoms with Gasteiger partial charge in [0.1, 0.15) is 0 Å². The Morgan fingerprint density at radius 3 is 2.24 bits per heavy atom. The lowest BCUT2D eigenvalue weighted by atomic mass is 9.67. The van der Waals surface area contributed by atoms with Crippen LogP contribution in [-0.4, -0.2) is 38.7 Å². The molecular weight excluding hydrogens is 491 g/mol. The van der Waals surface area contributed by atoms with E-state index < -0.39 is 0 Å². The maximum absolute atomic E-state index is 12.8. The quantitative estimate of drug-likeness (QED) is 0.384. The fourth-order valence-electron chi connectivity index (χ4n) is 4.59. The van der Waals surface area contributed by atoms with Crippen molar-refractivity contribution in [2.75, 3.05) is 27.6 Å². The topological polar surface area (TPSA) is 83.5 Å². The first-order valence-corrected chi connectivity index (χ1v) is 10.5. The highest BCUT2D eigenvalue weighted by Crippen LogP contribution is 2.57. The summed E-state index contributed by atoms with van der Waals surface area (Å²) in [4.78, 5) is 12.8. The van der Waals surface area contributed by atoms with E-state index in [2.05, 4.69) is 22.6 Å². The number of halogens is 1. The number of methoxy groups -OCH3 is 2. The monoisotopic (exact) mass is 510 g/mol. The Kier molecular flexibility index (Phi) is 4.41. The van der Waals surface area contributed by atoms with E-state index in [1.165, 1.54) is 14.2 Å². The van der Waals surface area contributed by atoms with E-state index in [1.807, 2.05) is 12.1 Å². The molecule has 0 aromatic heterocycles. The molecule has 1 N–H and O–H groups in total. The van der Waals surface area contributed by atoms with Gasteiger partial charge in [-0.2, -0.15) is 0 Å². The Bertz CT molecular complexity index is 980. The van der Waals surface area contributed by atoms with Crippen molar-refractivity contribution in [3.63, 3.8) is 0 Å². The number of esters is 1. The molecule has 5 rings (SSSR count). The van der Waals surface area contributed by atoms with Crippen LogP contribution in [0.5, 0.6) is 28.7 Å². The fourth-order valence-corrected chi connectivity index (χ4v) is 5.78. The number of cyclic esters (lactones) is 1. The largest absolute Gasteiger partial charge is 0.502 e. The highest BCUT2D eigenvalue weighted by Gasteiger charge is 2.51. The molecule has 8 heteroatoms. The van der Waals surface area contributed by atoms with Gasteiger partial charge in [0.2, 0.25) is 12.5 Å². The summed E-state index contributed by atoms with van der Waals surface area (Å²) in [5.74, 6) is 1.09. The number of alkyl halides is 1. The molecule has 2 heterocycles. The Labute approximate surface area is 181 Å². The molecule has 1 fully saturated rings. The van der Waals surface area contributed by atoms with Gasteiger partial charge < -0.3 is 28.8 Å². The minimum Gasteiger partial charge on any atom is -0.502 e. The number of carbonyl (C=O) groups excluding carboxylic acids is 1. The van der Waals surface area contributed by atoms with E-state index in [9.17, 15) is 9.90 Å². The Morgan fingerprint density at radius 2 is 1.62 bits per heavy atom. The molecule has 1 aliphatic carbocycles. The maximum atomic E-state index is 12.8. The molecule has 2 aromatic carbocycles. The van der Waals surface area contributed by atoms with Crippen LogP contribution in [0, 0.1) is 11.8 Å². The van der Waals surface area contributed by atoms with Crippen molar-refractivity contribution >= 4 is 28.6 Å². The maximum Gasteiger partial charge on any atom is 0.310 e. The van der Waals surface area contributed by atoms with E-state index in [0.717, 1.165) is 16.7 Å². The predicted molar refractivity (Wildman–Crippen MR) is 110 cm³/mol. The van der Waals surface area contributed by atoms with Gasteiger partial charge in [-0.05, 0) is 41.0 Å². The molecule has 0 radical (unpaired) electrons. The zero-order chi connectivity index (χ0) is 20.3. The van der Waals surface area contributed by atoms with Crippen LogP contribution in [0.15, 0.2) is 24.3 Å². The molecule has 0 unspecified atom stereocenters. The Morgan fingerprint density at radius 1 is 1.00 bits per heavy atom. The Balaban J connectivity index is 1.75. The van der Waals surface area contributed by atoms with E-state index in [4.69, 9.17) is 23.7 Å². The van der Waals surface area contributed by atoms with E-state index in [0.29, 0.717) is 29.6 Å². The lowest BCUT2D eigenvalue weighted by Gasteiger charge is -2.37. The smallest absolute Gasteiger partial charge is 0.310 e. The second kappa shape index (κ2) is 6.86. The first-order valence-electron chi connectivity index (χ1n) is 9.22. The van der Waals surface area contributed by atoms with Crippen molar-refractivity contribution in [2.24, 2.45) is 11.8 Å². The van der Waals surface area contributed by atoms with Gasteiger partial charge >= 0.3 is 5.97 Å². The zero-order valence-electron chi connectivity index (χ0n) is 15.8. The SMILES string of the molecule is COc1cc([C@@H]2c3cc4c(cc3[C@@H](I)[C@H]3COC(=O)[C@H]23)OCO4)cc(OC)c1O. The molecule has 7 nitrogen and oxygen atoms in total. The summed E-state index contributed by atoms with van der Waals surface area (Å²) < 4.78 is 27.5. The van der Waals surface area contributed by atoms with Crippen molar-refractivity contribution in [3.8, 4) is 28.7 Å². The standard InChI is InChI=1S/C21H19IO7/c1-25-15-3-9(4-16(26-2)20(15)23)17-10-5-13-14(29-8-28-13)6-11(10)19(22)12-7-27-21(24)18(12)17/h3-6,12,17-19,23H,7-8H2,1-2H3/t12-,17+,18-,19+/m0/s1. The van der Waals surface area contributed by atoms with Crippen molar-refractivity contribution in [1.29, 1.82) is 0 Å². The number of rotatable bonds is 3. The van der Waals surface area contributed by atoms with Gasteiger partial charge in [-0.25, -0.2) is 0 Å². The average molecular weight is 510 g/mol. The van der Waals surface area contributed by atoms with Crippen LogP contribution in [0.25, 0.3) is 0 Å². The highest BCUT2D eigenvalue weighted by atomic mass is 127. The number of hydrogen-bond acceptors (Lipinski definition) is 7. The third kappa shape index (κ3) is 2.72. The normalized spacial score (nSPS) is 26.5. The number of fused-ring (bicyclic) bond motifs is 3. The lowest BCUT2D eigenvalue weighted by Crippen LogP contribution is -2.32. The zero-order valence-corrected chi connectivity index (χ0v) is 18.0. The van der Waals surface area contributed by atoms with Gasteiger partial charge in [-0.3, -0.25) is 4.79 Å². The van der Waals surface area contributed by atoms with Crippen LogP contribution in [0.1, 0.15) is 26.5 Å². The van der Waals surface area contributed by atoms with E-state index in [-0.39, 0.29) is 40.2 Å². The van der Waals surface area contributed by atoms with Crippen LogP contribution in [-0.2, 0) is 9.53 Å². The molecule has 2 aliphatic heterocycles. The van der Waals surface area contributed by atoms with Gasteiger partial charge in [0.05, 0.1) is 26.7 Å². The molecule has 1 saturated heterocycles. The third-order valence-corrected chi connectivity index (χ3v) is 7.55. The molecular formula is C21H19IO7. The van der Waals surface area contributed by atoms with Gasteiger partial charge in [-0.15, -0.1) is 0 Å². The molecule has 3 aliphatic rings. The van der Waals surface area contributed by atoms with Gasteiger partial charge in [0.25, 0.3) is 0 Å². The van der Waals surface area contributed by atoms with Crippen LogP contribution < -0.4 is 18.9 Å². The van der Waals surface area contributed by atoms with Crippen molar-refractivity contribution in [1.82, 2.24) is 0 Å². The summed E-state index contributed by atoms with van der Waals surface area (Å²) >= 11 is 2.39. The van der Waals surface area contributed by atoms with Crippen LogP contribution in [0.3, 0.4) is 0 Å². The van der Waals surface area contributed by atoms with Crippen molar-refractivity contribution in [3.05, 3.63) is 41.0 Å². The van der Waals surface area contributed by atoms with Crippen LogP contribution >= 0.6 is 22.6 Å². The van der Waals surface area contributed by atoms with Gasteiger partial charge in [0.15, 0.2) is 23.0 Å². The van der Waals surface area contributed by atoms with Crippen molar-refractivity contribution in [2.45, 2.75) is 9.84 Å². The van der Waals surface area contributed by atoms with E-state index >= 15 is 0 Å². The number of hydrogen-bond donors (Lipinski definition) is 1. The Hall–Kier alpha value is -2.36. The number of phenols is 1. The summed E-state index contributed by atoms with van der Waals surface area (Å²) in [6, 6.07) is 7.48. The first-order chi connectivity index (χ1) is 14.0. The average Bonchev–Trinajstić information content (AvgIpc) is 3.34. The molecule has 0 spiro atoms. The summed E-state index contributed by atoms with van der Waals surface area (Å²) in [7, 11) is 2.97.